The largest absolute Gasteiger partial charge is 0.573 e. The molecule has 134 valence electrons. The summed E-state index contributed by atoms with van der Waals surface area (Å²) in [5.41, 5.74) is 0.884. The fourth-order valence-corrected chi connectivity index (χ4v) is 1.96. The van der Waals surface area contributed by atoms with E-state index in [1.54, 1.807) is 0 Å². The van der Waals surface area contributed by atoms with Crippen LogP contribution in [0.5, 0.6) is 11.5 Å². The van der Waals surface area contributed by atoms with Gasteiger partial charge < -0.3 is 9.47 Å². The Kier molecular flexibility index (Phi) is 5.24. The molecule has 2 rings (SSSR count). The maximum absolute atomic E-state index is 12.5. The average molecular weight is 364 g/mol. The van der Waals surface area contributed by atoms with Gasteiger partial charge in [0.25, 0.3) is 0 Å². The summed E-state index contributed by atoms with van der Waals surface area (Å²) in [7, 11) is 0. The molecule has 25 heavy (non-hydrogen) atoms. The fourth-order valence-electron chi connectivity index (χ4n) is 1.96. The third-order valence-corrected chi connectivity index (χ3v) is 2.92. The summed E-state index contributed by atoms with van der Waals surface area (Å²) in [5, 5.41) is 0. The third-order valence-electron chi connectivity index (χ3n) is 2.92. The lowest BCUT2D eigenvalue weighted by Crippen LogP contribution is -2.21. The lowest BCUT2D eigenvalue weighted by atomic mass is 10.0. The second-order valence-corrected chi connectivity index (χ2v) is 4.86. The first-order valence-electron chi connectivity index (χ1n) is 6.72. The van der Waals surface area contributed by atoms with Crippen molar-refractivity contribution in [1.82, 2.24) is 0 Å². The minimum atomic E-state index is -5.11. The highest BCUT2D eigenvalue weighted by Crippen LogP contribution is 2.37. The van der Waals surface area contributed by atoms with Crippen molar-refractivity contribution in [3.05, 3.63) is 48.0 Å². The molecule has 0 fully saturated rings. The molecule has 0 heterocycles. The number of aldehydes is 1. The van der Waals surface area contributed by atoms with Gasteiger partial charge in [0.2, 0.25) is 0 Å². The average Bonchev–Trinajstić information content (AvgIpc) is 2.51. The number of carbonyl (C=O) groups is 1. The molecule has 0 N–H and O–H groups in total. The van der Waals surface area contributed by atoms with Gasteiger partial charge in [0.05, 0.1) is 0 Å². The molecule has 0 amide bonds. The second-order valence-electron chi connectivity index (χ2n) is 4.86. The van der Waals surface area contributed by atoms with Crippen LogP contribution in [-0.4, -0.2) is 25.4 Å². The van der Waals surface area contributed by atoms with Crippen molar-refractivity contribution in [2.75, 3.05) is 6.61 Å². The summed E-state index contributed by atoms with van der Waals surface area (Å²) in [4.78, 5) is 10.8. The quantitative estimate of drug-likeness (QED) is 0.553. The number of carbonyl (C=O) groups excluding carboxylic acids is 1. The highest BCUT2D eigenvalue weighted by molar-refractivity contribution is 5.79. The Morgan fingerprint density at radius 3 is 2.16 bits per heavy atom. The summed E-state index contributed by atoms with van der Waals surface area (Å²) in [6.07, 6.45) is -9.27. The molecule has 2 aromatic rings. The smallest absolute Gasteiger partial charge is 0.480 e. The van der Waals surface area contributed by atoms with Crippen LogP contribution in [0.2, 0.25) is 0 Å². The standard InChI is InChI=1S/C16H10F6O3/c17-15(18,19)9-24-13-5-4-12(7-14(13)25-16(20,21)22)11-3-1-2-10(6-11)8-23/h1-8H,9H2. The predicted octanol–water partition coefficient (Wildman–Crippen LogP) is 5.01. The summed E-state index contributed by atoms with van der Waals surface area (Å²) in [6.45, 7) is -1.76. The first-order chi connectivity index (χ1) is 11.6. The fraction of sp³-hybridized carbons (Fsp3) is 0.188. The first-order valence-corrected chi connectivity index (χ1v) is 6.72. The zero-order chi connectivity index (χ0) is 18.7. The van der Waals surface area contributed by atoms with Gasteiger partial charge in [0.15, 0.2) is 18.1 Å². The molecule has 0 spiro atoms. The Bertz CT molecular complexity index is 752. The molecular weight excluding hydrogens is 354 g/mol. The van der Waals surface area contributed by atoms with Gasteiger partial charge >= 0.3 is 12.5 Å². The van der Waals surface area contributed by atoms with E-state index in [-0.39, 0.29) is 11.1 Å². The van der Waals surface area contributed by atoms with Crippen LogP contribution in [0.3, 0.4) is 0 Å². The number of rotatable bonds is 5. The summed E-state index contributed by atoms with van der Waals surface area (Å²) >= 11 is 0. The number of benzene rings is 2. The highest BCUT2D eigenvalue weighted by atomic mass is 19.4. The number of hydrogen-bond acceptors (Lipinski definition) is 3. The molecule has 0 aromatic heterocycles. The Morgan fingerprint density at radius 1 is 0.880 bits per heavy atom. The molecule has 0 atom stereocenters. The maximum atomic E-state index is 12.5. The molecular formula is C16H10F6O3. The van der Waals surface area contributed by atoms with Gasteiger partial charge in [-0.2, -0.15) is 13.2 Å². The minimum Gasteiger partial charge on any atom is -0.480 e. The van der Waals surface area contributed by atoms with Gasteiger partial charge in [-0.3, -0.25) is 4.79 Å². The monoisotopic (exact) mass is 364 g/mol. The van der Waals surface area contributed by atoms with Crippen molar-refractivity contribution >= 4 is 6.29 Å². The molecule has 0 bridgehead atoms. The van der Waals surface area contributed by atoms with E-state index in [4.69, 9.17) is 0 Å². The van der Waals surface area contributed by atoms with Crippen LogP contribution in [0.25, 0.3) is 11.1 Å². The van der Waals surface area contributed by atoms with E-state index in [0.29, 0.717) is 11.8 Å². The van der Waals surface area contributed by atoms with Crippen LogP contribution in [0.1, 0.15) is 10.4 Å². The molecule has 0 saturated carbocycles. The molecule has 0 aliphatic carbocycles. The van der Waals surface area contributed by atoms with E-state index in [9.17, 15) is 31.1 Å². The number of ether oxygens (including phenoxy) is 2. The molecule has 3 nitrogen and oxygen atoms in total. The van der Waals surface area contributed by atoms with Crippen LogP contribution >= 0.6 is 0 Å². The summed E-state index contributed by atoms with van der Waals surface area (Å²) < 4.78 is 82.3. The molecule has 0 saturated heterocycles. The molecule has 9 heteroatoms. The van der Waals surface area contributed by atoms with Gasteiger partial charge in [0.1, 0.15) is 6.29 Å². The molecule has 0 unspecified atom stereocenters. The van der Waals surface area contributed by atoms with Gasteiger partial charge in [-0.15, -0.1) is 13.2 Å². The first kappa shape index (κ1) is 18.6. The van der Waals surface area contributed by atoms with Gasteiger partial charge in [-0.05, 0) is 29.3 Å². The Hall–Kier alpha value is -2.71. The van der Waals surface area contributed by atoms with Gasteiger partial charge in [-0.25, -0.2) is 0 Å². The molecule has 2 aromatic carbocycles. The van der Waals surface area contributed by atoms with Crippen molar-refractivity contribution < 1.29 is 40.6 Å². The summed E-state index contributed by atoms with van der Waals surface area (Å²) in [6, 6.07) is 9.03. The molecule has 0 aliphatic rings. The molecule has 0 aliphatic heterocycles. The van der Waals surface area contributed by atoms with Crippen molar-refractivity contribution in [1.29, 1.82) is 0 Å². The number of hydrogen-bond donors (Lipinski definition) is 0. The number of halogens is 6. The normalized spacial score (nSPS) is 11.9. The van der Waals surface area contributed by atoms with E-state index in [1.807, 2.05) is 0 Å². The Balaban J connectivity index is 2.40. The number of alkyl halides is 6. The minimum absolute atomic E-state index is 0.210. The van der Waals surface area contributed by atoms with Crippen LogP contribution in [0.4, 0.5) is 26.3 Å². The van der Waals surface area contributed by atoms with E-state index in [0.717, 1.165) is 12.1 Å². The van der Waals surface area contributed by atoms with Crippen molar-refractivity contribution in [2.45, 2.75) is 12.5 Å². The van der Waals surface area contributed by atoms with Crippen LogP contribution in [0.15, 0.2) is 42.5 Å². The zero-order valence-electron chi connectivity index (χ0n) is 12.3. The topological polar surface area (TPSA) is 35.5 Å². The van der Waals surface area contributed by atoms with Gasteiger partial charge in [0, 0.05) is 5.56 Å². The van der Waals surface area contributed by atoms with Crippen LogP contribution < -0.4 is 9.47 Å². The zero-order valence-corrected chi connectivity index (χ0v) is 12.3. The SMILES string of the molecule is O=Cc1cccc(-c2ccc(OCC(F)(F)F)c(OC(F)(F)F)c2)c1. The maximum Gasteiger partial charge on any atom is 0.573 e. The van der Waals surface area contributed by atoms with Crippen LogP contribution in [0, 0.1) is 0 Å². The van der Waals surface area contributed by atoms with Crippen molar-refractivity contribution in [2.24, 2.45) is 0 Å². The van der Waals surface area contributed by atoms with Crippen LogP contribution in [-0.2, 0) is 0 Å². The third kappa shape index (κ3) is 5.70. The lowest BCUT2D eigenvalue weighted by Gasteiger charge is -2.16. The molecule has 0 radical (unpaired) electrons. The lowest BCUT2D eigenvalue weighted by molar-refractivity contribution is -0.275. The van der Waals surface area contributed by atoms with E-state index >= 15 is 0 Å². The Morgan fingerprint density at radius 2 is 1.56 bits per heavy atom. The van der Waals surface area contributed by atoms with E-state index < -0.39 is 30.6 Å². The Labute approximate surface area is 137 Å². The summed E-state index contributed by atoms with van der Waals surface area (Å²) in [5.74, 6) is -1.62. The predicted molar refractivity (Wildman–Crippen MR) is 75.5 cm³/mol. The van der Waals surface area contributed by atoms with E-state index in [1.165, 1.54) is 30.3 Å². The van der Waals surface area contributed by atoms with E-state index in [2.05, 4.69) is 9.47 Å². The highest BCUT2D eigenvalue weighted by Gasteiger charge is 2.34. The van der Waals surface area contributed by atoms with Crippen molar-refractivity contribution in [3.63, 3.8) is 0 Å². The van der Waals surface area contributed by atoms with Crippen molar-refractivity contribution in [3.8, 4) is 22.6 Å². The second kappa shape index (κ2) is 7.04. The van der Waals surface area contributed by atoms with Gasteiger partial charge in [-0.1, -0.05) is 24.3 Å².